The summed E-state index contributed by atoms with van der Waals surface area (Å²) in [4.78, 5) is 28.1. The Labute approximate surface area is 143 Å². The SMILES string of the molecule is Cn1cnc(-c2nccc3c(=O)[nH]c(OCc4ccccc4)nc23)c1. The van der Waals surface area contributed by atoms with E-state index in [9.17, 15) is 4.79 Å². The van der Waals surface area contributed by atoms with Crippen LogP contribution in [0, 0.1) is 0 Å². The zero-order valence-corrected chi connectivity index (χ0v) is 13.5. The number of aromatic amines is 1. The van der Waals surface area contributed by atoms with Gasteiger partial charge in [0.25, 0.3) is 11.6 Å². The lowest BCUT2D eigenvalue weighted by Gasteiger charge is -2.07. The summed E-state index contributed by atoms with van der Waals surface area (Å²) in [6, 6.07) is 11.5. The average molecular weight is 333 g/mol. The zero-order chi connectivity index (χ0) is 17.2. The van der Waals surface area contributed by atoms with Gasteiger partial charge in [-0.15, -0.1) is 0 Å². The summed E-state index contributed by atoms with van der Waals surface area (Å²) < 4.78 is 7.47. The molecule has 3 aromatic heterocycles. The van der Waals surface area contributed by atoms with E-state index >= 15 is 0 Å². The highest BCUT2D eigenvalue weighted by Crippen LogP contribution is 2.22. The van der Waals surface area contributed by atoms with Gasteiger partial charge in [0.2, 0.25) is 0 Å². The molecule has 25 heavy (non-hydrogen) atoms. The Morgan fingerprint density at radius 2 is 2.00 bits per heavy atom. The Kier molecular flexibility index (Phi) is 3.74. The van der Waals surface area contributed by atoms with Crippen LogP contribution in [0.1, 0.15) is 5.56 Å². The molecule has 0 spiro atoms. The normalized spacial score (nSPS) is 10.9. The molecule has 3 heterocycles. The highest BCUT2D eigenvalue weighted by Gasteiger charge is 2.13. The quantitative estimate of drug-likeness (QED) is 0.619. The predicted octanol–water partition coefficient (Wildman–Crippen LogP) is 2.30. The minimum absolute atomic E-state index is 0.159. The van der Waals surface area contributed by atoms with E-state index in [1.54, 1.807) is 18.6 Å². The maximum absolute atomic E-state index is 12.4. The van der Waals surface area contributed by atoms with E-state index in [2.05, 4.69) is 19.9 Å². The molecular formula is C18H15N5O2. The van der Waals surface area contributed by atoms with E-state index in [0.29, 0.717) is 28.9 Å². The predicted molar refractivity (Wildman–Crippen MR) is 93.1 cm³/mol. The van der Waals surface area contributed by atoms with Gasteiger partial charge in [0.05, 0.1) is 11.7 Å². The standard InChI is InChI=1S/C18H15N5O2/c1-23-9-14(20-11-23)16-15-13(7-8-19-16)17(24)22-18(21-15)25-10-12-5-3-2-4-6-12/h2-9,11H,10H2,1H3,(H,21,22,24). The van der Waals surface area contributed by atoms with Crippen LogP contribution in [0.4, 0.5) is 0 Å². The highest BCUT2D eigenvalue weighted by atomic mass is 16.5. The molecule has 0 bridgehead atoms. The van der Waals surface area contributed by atoms with Crippen molar-refractivity contribution in [3.8, 4) is 17.4 Å². The largest absolute Gasteiger partial charge is 0.460 e. The van der Waals surface area contributed by atoms with Crippen molar-refractivity contribution in [1.29, 1.82) is 0 Å². The topological polar surface area (TPSA) is 85.7 Å². The van der Waals surface area contributed by atoms with Crippen molar-refractivity contribution < 1.29 is 4.74 Å². The first-order chi connectivity index (χ1) is 12.2. The van der Waals surface area contributed by atoms with Gasteiger partial charge in [-0.2, -0.15) is 4.98 Å². The third kappa shape index (κ3) is 2.99. The first-order valence-corrected chi connectivity index (χ1v) is 7.75. The Bertz CT molecular complexity index is 1090. The summed E-state index contributed by atoms with van der Waals surface area (Å²) in [7, 11) is 1.87. The highest BCUT2D eigenvalue weighted by molar-refractivity contribution is 5.89. The van der Waals surface area contributed by atoms with Crippen LogP contribution in [-0.2, 0) is 13.7 Å². The third-order valence-corrected chi connectivity index (χ3v) is 3.77. The van der Waals surface area contributed by atoms with Gasteiger partial charge in [-0.1, -0.05) is 30.3 Å². The van der Waals surface area contributed by atoms with Crippen molar-refractivity contribution in [1.82, 2.24) is 24.5 Å². The number of hydrogen-bond acceptors (Lipinski definition) is 5. The molecular weight excluding hydrogens is 318 g/mol. The summed E-state index contributed by atoms with van der Waals surface area (Å²) >= 11 is 0. The molecule has 1 N–H and O–H groups in total. The minimum Gasteiger partial charge on any atom is -0.460 e. The van der Waals surface area contributed by atoms with Crippen molar-refractivity contribution in [2.24, 2.45) is 7.05 Å². The second kappa shape index (κ2) is 6.20. The minimum atomic E-state index is -0.271. The van der Waals surface area contributed by atoms with E-state index in [-0.39, 0.29) is 11.6 Å². The van der Waals surface area contributed by atoms with Gasteiger partial charge in [-0.25, -0.2) is 4.98 Å². The molecule has 0 aliphatic heterocycles. The Hall–Kier alpha value is -3.48. The van der Waals surface area contributed by atoms with E-state index in [0.717, 1.165) is 5.56 Å². The maximum atomic E-state index is 12.4. The van der Waals surface area contributed by atoms with Gasteiger partial charge in [-0.05, 0) is 11.6 Å². The lowest BCUT2D eigenvalue weighted by molar-refractivity contribution is 0.281. The number of aromatic nitrogens is 5. The lowest BCUT2D eigenvalue weighted by Crippen LogP contribution is -2.12. The van der Waals surface area contributed by atoms with Gasteiger partial charge in [0.1, 0.15) is 23.5 Å². The molecule has 0 atom stereocenters. The van der Waals surface area contributed by atoms with Gasteiger partial charge < -0.3 is 9.30 Å². The second-order valence-electron chi connectivity index (χ2n) is 5.63. The number of ether oxygens (including phenoxy) is 1. The number of hydrogen-bond donors (Lipinski definition) is 1. The van der Waals surface area contributed by atoms with Gasteiger partial charge in [0, 0.05) is 19.4 Å². The van der Waals surface area contributed by atoms with Crippen LogP contribution in [-0.4, -0.2) is 24.5 Å². The van der Waals surface area contributed by atoms with Crippen LogP contribution in [0.3, 0.4) is 0 Å². The molecule has 0 fully saturated rings. The zero-order valence-electron chi connectivity index (χ0n) is 13.5. The smallest absolute Gasteiger partial charge is 0.297 e. The fraction of sp³-hybridized carbons (Fsp3) is 0.111. The molecule has 7 nitrogen and oxygen atoms in total. The van der Waals surface area contributed by atoms with E-state index in [4.69, 9.17) is 4.74 Å². The molecule has 4 aromatic rings. The number of benzene rings is 1. The van der Waals surface area contributed by atoms with Crippen LogP contribution in [0.5, 0.6) is 6.01 Å². The van der Waals surface area contributed by atoms with Crippen LogP contribution in [0.2, 0.25) is 0 Å². The van der Waals surface area contributed by atoms with Crippen LogP contribution < -0.4 is 10.3 Å². The summed E-state index contributed by atoms with van der Waals surface area (Å²) in [5.74, 6) is 0. The number of pyridine rings is 1. The van der Waals surface area contributed by atoms with E-state index in [1.807, 2.05) is 48.1 Å². The molecule has 1 aromatic carbocycles. The summed E-state index contributed by atoms with van der Waals surface area (Å²) in [5.41, 5.74) is 2.39. The Morgan fingerprint density at radius 1 is 1.16 bits per heavy atom. The summed E-state index contributed by atoms with van der Waals surface area (Å²) in [6.07, 6.45) is 5.08. The van der Waals surface area contributed by atoms with Crippen LogP contribution in [0.25, 0.3) is 22.3 Å². The van der Waals surface area contributed by atoms with Crippen molar-refractivity contribution in [3.05, 3.63) is 71.0 Å². The number of H-pyrrole nitrogens is 1. The number of nitrogens with zero attached hydrogens (tertiary/aromatic N) is 4. The van der Waals surface area contributed by atoms with Crippen molar-refractivity contribution in [3.63, 3.8) is 0 Å². The summed E-state index contributed by atoms with van der Waals surface area (Å²) in [5, 5.41) is 0.447. The number of imidazole rings is 1. The molecule has 4 rings (SSSR count). The van der Waals surface area contributed by atoms with Gasteiger partial charge in [-0.3, -0.25) is 14.8 Å². The van der Waals surface area contributed by atoms with E-state index < -0.39 is 0 Å². The third-order valence-electron chi connectivity index (χ3n) is 3.77. The molecule has 0 unspecified atom stereocenters. The van der Waals surface area contributed by atoms with Crippen LogP contribution >= 0.6 is 0 Å². The van der Waals surface area contributed by atoms with Crippen molar-refractivity contribution in [2.45, 2.75) is 6.61 Å². The second-order valence-corrected chi connectivity index (χ2v) is 5.63. The molecule has 0 aliphatic rings. The van der Waals surface area contributed by atoms with Crippen molar-refractivity contribution >= 4 is 10.9 Å². The van der Waals surface area contributed by atoms with Crippen LogP contribution in [0.15, 0.2) is 59.9 Å². The maximum Gasteiger partial charge on any atom is 0.297 e. The van der Waals surface area contributed by atoms with E-state index in [1.165, 1.54) is 0 Å². The molecule has 0 saturated heterocycles. The van der Waals surface area contributed by atoms with Gasteiger partial charge >= 0.3 is 0 Å². The Balaban J connectivity index is 1.76. The lowest BCUT2D eigenvalue weighted by atomic mass is 10.2. The first kappa shape index (κ1) is 15.1. The number of nitrogens with one attached hydrogen (secondary N) is 1. The first-order valence-electron chi connectivity index (χ1n) is 7.75. The van der Waals surface area contributed by atoms with Crippen molar-refractivity contribution in [2.75, 3.05) is 0 Å². The average Bonchev–Trinajstić information content (AvgIpc) is 3.07. The molecule has 0 amide bonds. The molecule has 7 heteroatoms. The fourth-order valence-corrected chi connectivity index (χ4v) is 2.56. The van der Waals surface area contributed by atoms with Gasteiger partial charge in [0.15, 0.2) is 0 Å². The molecule has 0 aliphatic carbocycles. The molecule has 0 radical (unpaired) electrons. The monoisotopic (exact) mass is 333 g/mol. The fourth-order valence-electron chi connectivity index (χ4n) is 2.56. The number of fused-ring (bicyclic) bond motifs is 1. The molecule has 0 saturated carbocycles. The number of rotatable bonds is 4. The Morgan fingerprint density at radius 3 is 2.76 bits per heavy atom. The number of aryl methyl sites for hydroxylation is 1. The molecule has 124 valence electrons. The summed E-state index contributed by atoms with van der Waals surface area (Å²) in [6.45, 7) is 0.314.